The fourth-order valence-corrected chi connectivity index (χ4v) is 6.08. The lowest BCUT2D eigenvalue weighted by molar-refractivity contribution is -0.121. The van der Waals surface area contributed by atoms with Crippen LogP contribution in [0.1, 0.15) is 44.4 Å². The van der Waals surface area contributed by atoms with Crippen molar-refractivity contribution in [3.05, 3.63) is 17.0 Å². The van der Waals surface area contributed by atoms with Crippen molar-refractivity contribution in [3.8, 4) is 0 Å². The molecule has 27 heavy (non-hydrogen) atoms. The second-order valence-electron chi connectivity index (χ2n) is 8.23. The minimum Gasteiger partial charge on any atom is -0.356 e. The molecule has 1 saturated heterocycles. The lowest BCUT2D eigenvalue weighted by atomic mass is 10.1. The summed E-state index contributed by atoms with van der Waals surface area (Å²) >= 11 is 1.29. The van der Waals surface area contributed by atoms with Crippen LogP contribution in [0.2, 0.25) is 0 Å². The summed E-state index contributed by atoms with van der Waals surface area (Å²) < 4.78 is 28.6. The van der Waals surface area contributed by atoms with E-state index in [1.807, 2.05) is 19.9 Å². The lowest BCUT2D eigenvalue weighted by Crippen LogP contribution is -2.37. The van der Waals surface area contributed by atoms with Crippen LogP contribution in [0.4, 0.5) is 0 Å². The molecule has 2 fully saturated rings. The number of nitrogens with zero attached hydrogens (tertiary/aromatic N) is 1. The van der Waals surface area contributed by atoms with E-state index in [9.17, 15) is 13.2 Å². The summed E-state index contributed by atoms with van der Waals surface area (Å²) in [5.74, 6) is 1.22. The molecule has 0 aromatic carbocycles. The number of hydrogen-bond donors (Lipinski definition) is 2. The monoisotopic (exact) mass is 413 g/mol. The van der Waals surface area contributed by atoms with Crippen LogP contribution in [0.5, 0.6) is 0 Å². The predicted octanol–water partition coefficient (Wildman–Crippen LogP) is 2.22. The van der Waals surface area contributed by atoms with E-state index in [1.54, 1.807) is 6.07 Å². The molecule has 1 atom stereocenters. The van der Waals surface area contributed by atoms with Crippen molar-refractivity contribution in [2.45, 2.75) is 56.2 Å². The molecule has 3 rings (SSSR count). The van der Waals surface area contributed by atoms with Gasteiger partial charge in [0, 0.05) is 37.0 Å². The van der Waals surface area contributed by atoms with Crippen LogP contribution in [0.15, 0.2) is 16.3 Å². The van der Waals surface area contributed by atoms with Gasteiger partial charge in [0.2, 0.25) is 15.9 Å². The maximum atomic E-state index is 12.7. The fourth-order valence-electron chi connectivity index (χ4n) is 3.44. The van der Waals surface area contributed by atoms with Crippen molar-refractivity contribution in [2.24, 2.45) is 11.8 Å². The maximum Gasteiger partial charge on any atom is 0.250 e. The normalized spacial score (nSPS) is 21.1. The van der Waals surface area contributed by atoms with Crippen LogP contribution in [0, 0.1) is 11.8 Å². The van der Waals surface area contributed by atoms with E-state index in [1.165, 1.54) is 24.2 Å². The SMILES string of the molecule is CC(C)CC(=O)NCCc1ccc(S(=O)(=O)N[C@H]2CCN(CC3CC3)C2)s1. The first-order valence-corrected chi connectivity index (χ1v) is 12.2. The molecule has 1 aromatic heterocycles. The highest BCUT2D eigenvalue weighted by Crippen LogP contribution is 2.31. The third-order valence-corrected chi connectivity index (χ3v) is 8.15. The zero-order valence-electron chi connectivity index (χ0n) is 16.2. The van der Waals surface area contributed by atoms with Crippen molar-refractivity contribution in [1.82, 2.24) is 14.9 Å². The van der Waals surface area contributed by atoms with Crippen LogP contribution in [-0.4, -0.2) is 51.4 Å². The van der Waals surface area contributed by atoms with Gasteiger partial charge < -0.3 is 10.2 Å². The van der Waals surface area contributed by atoms with Gasteiger partial charge in [0.1, 0.15) is 4.21 Å². The standard InChI is InChI=1S/C19H31N3O3S2/c1-14(2)11-18(23)20-9-7-17-5-6-19(26-17)27(24,25)21-16-8-10-22(13-16)12-15-3-4-15/h5-6,14-16,21H,3-4,7-13H2,1-2H3,(H,20,23)/t16-/m0/s1. The molecule has 0 radical (unpaired) electrons. The number of nitrogens with one attached hydrogen (secondary N) is 2. The van der Waals surface area contributed by atoms with Gasteiger partial charge in [-0.3, -0.25) is 4.79 Å². The van der Waals surface area contributed by atoms with Gasteiger partial charge in [-0.15, -0.1) is 11.3 Å². The van der Waals surface area contributed by atoms with Crippen molar-refractivity contribution in [1.29, 1.82) is 0 Å². The van der Waals surface area contributed by atoms with Crippen LogP contribution in [-0.2, 0) is 21.2 Å². The smallest absolute Gasteiger partial charge is 0.250 e. The second kappa shape index (κ2) is 9.03. The molecule has 1 amide bonds. The Morgan fingerprint density at radius 1 is 1.30 bits per heavy atom. The van der Waals surface area contributed by atoms with Crippen molar-refractivity contribution >= 4 is 27.3 Å². The Labute approximate surface area is 166 Å². The Hall–Kier alpha value is -0.960. The van der Waals surface area contributed by atoms with Gasteiger partial charge in [-0.2, -0.15) is 0 Å². The first kappa shape index (κ1) is 20.8. The zero-order valence-corrected chi connectivity index (χ0v) is 17.9. The van der Waals surface area contributed by atoms with Gasteiger partial charge in [0.05, 0.1) is 0 Å². The van der Waals surface area contributed by atoms with E-state index >= 15 is 0 Å². The van der Waals surface area contributed by atoms with Crippen molar-refractivity contribution in [2.75, 3.05) is 26.2 Å². The number of amides is 1. The number of likely N-dealkylation sites (tertiary alicyclic amines) is 1. The molecule has 1 aliphatic carbocycles. The van der Waals surface area contributed by atoms with E-state index < -0.39 is 10.0 Å². The largest absolute Gasteiger partial charge is 0.356 e. The number of sulfonamides is 1. The summed E-state index contributed by atoms with van der Waals surface area (Å²) in [5, 5.41) is 2.89. The number of carbonyl (C=O) groups is 1. The molecule has 6 nitrogen and oxygen atoms in total. The van der Waals surface area contributed by atoms with E-state index in [-0.39, 0.29) is 11.9 Å². The molecule has 0 unspecified atom stereocenters. The molecule has 2 aliphatic rings. The molecule has 2 N–H and O–H groups in total. The summed E-state index contributed by atoms with van der Waals surface area (Å²) in [7, 11) is -3.46. The summed E-state index contributed by atoms with van der Waals surface area (Å²) in [5.41, 5.74) is 0. The molecule has 2 heterocycles. The first-order valence-electron chi connectivity index (χ1n) is 9.92. The molecule has 0 bridgehead atoms. The van der Waals surface area contributed by atoms with Gasteiger partial charge in [-0.05, 0) is 56.2 Å². The topological polar surface area (TPSA) is 78.5 Å². The van der Waals surface area contributed by atoms with Crippen LogP contribution in [0.3, 0.4) is 0 Å². The highest BCUT2D eigenvalue weighted by Gasteiger charge is 2.31. The average Bonchev–Trinajstić information content (AvgIpc) is 3.06. The highest BCUT2D eigenvalue weighted by molar-refractivity contribution is 7.91. The molecular weight excluding hydrogens is 382 g/mol. The van der Waals surface area contributed by atoms with E-state index in [0.717, 1.165) is 36.9 Å². The van der Waals surface area contributed by atoms with Gasteiger partial charge in [-0.1, -0.05) is 13.8 Å². The summed E-state index contributed by atoms with van der Waals surface area (Å²) in [6.45, 7) is 7.48. The minimum atomic E-state index is -3.46. The van der Waals surface area contributed by atoms with Gasteiger partial charge in [0.25, 0.3) is 0 Å². The lowest BCUT2D eigenvalue weighted by Gasteiger charge is -2.16. The average molecular weight is 414 g/mol. The summed E-state index contributed by atoms with van der Waals surface area (Å²) in [6, 6.07) is 3.53. The van der Waals surface area contributed by atoms with Crippen molar-refractivity contribution < 1.29 is 13.2 Å². The highest BCUT2D eigenvalue weighted by atomic mass is 32.2. The van der Waals surface area contributed by atoms with E-state index in [2.05, 4.69) is 14.9 Å². The Bertz CT molecular complexity index is 741. The molecule has 8 heteroatoms. The van der Waals surface area contributed by atoms with E-state index in [0.29, 0.717) is 29.5 Å². The Morgan fingerprint density at radius 3 is 2.78 bits per heavy atom. The Kier molecular flexibility index (Phi) is 6.94. The first-order chi connectivity index (χ1) is 12.8. The van der Waals surface area contributed by atoms with Crippen LogP contribution in [0.25, 0.3) is 0 Å². The summed E-state index contributed by atoms with van der Waals surface area (Å²) in [4.78, 5) is 15.0. The Morgan fingerprint density at radius 2 is 2.07 bits per heavy atom. The predicted molar refractivity (Wildman–Crippen MR) is 108 cm³/mol. The summed E-state index contributed by atoms with van der Waals surface area (Å²) in [6.07, 6.45) is 4.70. The zero-order chi connectivity index (χ0) is 19.4. The third kappa shape index (κ3) is 6.55. The molecule has 152 valence electrons. The van der Waals surface area contributed by atoms with Gasteiger partial charge in [-0.25, -0.2) is 13.1 Å². The quantitative estimate of drug-likeness (QED) is 0.616. The second-order valence-corrected chi connectivity index (χ2v) is 11.3. The molecule has 1 aliphatic heterocycles. The Balaban J connectivity index is 1.45. The fraction of sp³-hybridized carbons (Fsp3) is 0.737. The molecular formula is C19H31N3O3S2. The molecule has 1 aromatic rings. The number of rotatable bonds is 10. The number of carbonyl (C=O) groups excluding carboxylic acids is 1. The molecule has 1 saturated carbocycles. The van der Waals surface area contributed by atoms with Gasteiger partial charge >= 0.3 is 0 Å². The van der Waals surface area contributed by atoms with E-state index in [4.69, 9.17) is 0 Å². The third-order valence-electron chi connectivity index (χ3n) is 5.00. The molecule has 0 spiro atoms. The number of thiophene rings is 1. The van der Waals surface area contributed by atoms with Crippen LogP contribution >= 0.6 is 11.3 Å². The van der Waals surface area contributed by atoms with Crippen molar-refractivity contribution in [3.63, 3.8) is 0 Å². The maximum absolute atomic E-state index is 12.7. The van der Waals surface area contributed by atoms with Gasteiger partial charge in [0.15, 0.2) is 0 Å². The van der Waals surface area contributed by atoms with Crippen LogP contribution < -0.4 is 10.0 Å². The number of hydrogen-bond acceptors (Lipinski definition) is 5. The minimum absolute atomic E-state index is 0.00891.